The lowest BCUT2D eigenvalue weighted by Gasteiger charge is -2.21. The van der Waals surface area contributed by atoms with Gasteiger partial charge >= 0.3 is 39.5 Å². The minimum Gasteiger partial charge on any atom is -0.462 e. The van der Waals surface area contributed by atoms with Gasteiger partial charge < -0.3 is 33.8 Å². The number of aliphatic hydroxyl groups excluding tert-OH is 1. The number of esters is 4. The van der Waals surface area contributed by atoms with Crippen LogP contribution in [0.2, 0.25) is 0 Å². The molecule has 0 heterocycles. The van der Waals surface area contributed by atoms with Crippen molar-refractivity contribution in [2.75, 3.05) is 39.6 Å². The molecule has 0 fully saturated rings. The molecule has 5 unspecified atom stereocenters. The molecule has 19 heteroatoms. The van der Waals surface area contributed by atoms with E-state index in [0.717, 1.165) is 186 Å². The summed E-state index contributed by atoms with van der Waals surface area (Å²) < 4.78 is 68.6. The van der Waals surface area contributed by atoms with Crippen LogP contribution in [0.3, 0.4) is 0 Å². The normalized spacial score (nSPS) is 14.6. The number of hydrogen-bond donors (Lipinski definition) is 3. The Hall–Kier alpha value is -5.32. The highest BCUT2D eigenvalue weighted by atomic mass is 31.2. The number of ether oxygens (including phenoxy) is 4. The zero-order valence-corrected chi connectivity index (χ0v) is 69.3. The molecule has 5 atom stereocenters. The maximum Gasteiger partial charge on any atom is 0.472 e. The molecule has 0 aliphatic heterocycles. The molecule has 0 radical (unpaired) electrons. The molecule has 3 N–H and O–H groups in total. The second-order valence-electron chi connectivity index (χ2n) is 27.3. The number of aliphatic hydroxyl groups is 1. The smallest absolute Gasteiger partial charge is 0.462 e. The van der Waals surface area contributed by atoms with Crippen molar-refractivity contribution in [2.24, 2.45) is 0 Å². The lowest BCUT2D eigenvalue weighted by molar-refractivity contribution is -0.161. The van der Waals surface area contributed by atoms with Crippen molar-refractivity contribution < 1.29 is 80.2 Å². The van der Waals surface area contributed by atoms with E-state index in [2.05, 4.69) is 167 Å². The third-order valence-electron chi connectivity index (χ3n) is 17.0. The van der Waals surface area contributed by atoms with E-state index in [4.69, 9.17) is 37.0 Å². The number of carbonyl (C=O) groups excluding carboxylic acids is 4. The second-order valence-corrected chi connectivity index (χ2v) is 30.2. The fraction of sp³-hybridized carbons (Fsp3) is 0.663. The number of phosphoric ester groups is 2. The van der Waals surface area contributed by atoms with Crippen LogP contribution in [0.1, 0.15) is 323 Å². The van der Waals surface area contributed by atoms with Gasteiger partial charge in [-0.15, -0.1) is 0 Å². The third-order valence-corrected chi connectivity index (χ3v) is 18.9. The molecular formula is C89H148O17P2. The highest BCUT2D eigenvalue weighted by Gasteiger charge is 2.30. The van der Waals surface area contributed by atoms with Crippen LogP contribution in [0, 0.1) is 0 Å². The summed E-state index contributed by atoms with van der Waals surface area (Å²) in [5.41, 5.74) is 0. The van der Waals surface area contributed by atoms with Gasteiger partial charge in [0.15, 0.2) is 12.2 Å². The SMILES string of the molecule is CC/C=C\C/C=C\C/C=C\C/C=C\C/C=C\C/C=C\CCC(=O)OCC(COP(=O)(O)OCC(O)COP(=O)(O)OCC(COC(=O)CCCCCCCC/C=C\C/C=C\C/C=C\CCCCC)OC(=O)CCCCCCC/C=C\CCCC)OC(=O)CCCCCCCC/C=C\C/C=C\C/C=C\CCCCC. The number of unbranched alkanes of at least 4 members (excludes halogenated alkanes) is 25. The molecule has 0 aliphatic rings. The Bertz CT molecular complexity index is 2660. The van der Waals surface area contributed by atoms with Crippen molar-refractivity contribution in [3.63, 3.8) is 0 Å². The van der Waals surface area contributed by atoms with Crippen molar-refractivity contribution in [2.45, 2.75) is 341 Å². The van der Waals surface area contributed by atoms with Crippen molar-refractivity contribution >= 4 is 39.5 Å². The van der Waals surface area contributed by atoms with Crippen molar-refractivity contribution in [1.29, 1.82) is 0 Å². The van der Waals surface area contributed by atoms with Gasteiger partial charge in [-0.1, -0.05) is 295 Å². The van der Waals surface area contributed by atoms with Gasteiger partial charge in [0, 0.05) is 25.7 Å². The van der Waals surface area contributed by atoms with Gasteiger partial charge in [0.25, 0.3) is 0 Å². The van der Waals surface area contributed by atoms with Crippen LogP contribution in [0.25, 0.3) is 0 Å². The molecule has 0 bridgehead atoms. The molecule has 0 aromatic carbocycles. The molecule has 0 aromatic heterocycles. The number of rotatable bonds is 77. The third kappa shape index (κ3) is 78.8. The lowest BCUT2D eigenvalue weighted by atomic mass is 10.1. The standard InChI is InChI=1S/C89H148O17P2/c1-5-9-13-17-21-25-29-32-35-38-41-44-47-50-54-57-61-65-69-73-86(91)99-79-84(105-88(93)75-71-67-63-59-53-28-24-20-16-12-8-4)81-103-107(95,96)101-77-83(90)78-102-108(97,98)104-82-85(106-89(94)76-72-68-64-60-56-52-49-46-43-40-37-34-31-27-23-19-15-11-7-3)80-100-87(92)74-70-66-62-58-55-51-48-45-42-39-36-33-30-26-22-18-14-10-6-2/h10,14,20-27,32-37,41-46,51,55,62,66,83-85,90H,5-9,11-13,15-19,28-31,38-40,47-50,52-54,56-61,63-65,67-82H2,1-4H3,(H,95,96)(H,97,98)/b14-10-,24-20-,25-21-,26-22-,27-23-,35-32-,36-33-,37-34-,44-41-,45-42-,46-43-,55-51-,66-62-. The summed E-state index contributed by atoms with van der Waals surface area (Å²) in [6, 6.07) is 0. The molecule has 0 aromatic rings. The fourth-order valence-corrected chi connectivity index (χ4v) is 12.2. The number of phosphoric acid groups is 2. The Morgan fingerprint density at radius 3 is 0.833 bits per heavy atom. The molecule has 0 aliphatic carbocycles. The first-order valence-corrected chi connectivity index (χ1v) is 44.7. The molecule has 0 spiro atoms. The zero-order valence-electron chi connectivity index (χ0n) is 67.5. The van der Waals surface area contributed by atoms with Crippen LogP contribution < -0.4 is 0 Å². The Labute approximate surface area is 655 Å². The van der Waals surface area contributed by atoms with E-state index in [9.17, 15) is 43.2 Å². The van der Waals surface area contributed by atoms with Crippen LogP contribution in [-0.4, -0.2) is 96.7 Å². The minimum absolute atomic E-state index is 0.0283. The Kier molecular flexibility index (Phi) is 75.8. The maximum atomic E-state index is 13.1. The van der Waals surface area contributed by atoms with Gasteiger partial charge in [-0.3, -0.25) is 37.3 Å². The average Bonchev–Trinajstić information content (AvgIpc) is 0.917. The summed E-state index contributed by atoms with van der Waals surface area (Å²) in [6.07, 6.45) is 93.7. The van der Waals surface area contributed by atoms with E-state index < -0.39 is 97.5 Å². The molecule has 17 nitrogen and oxygen atoms in total. The van der Waals surface area contributed by atoms with Crippen molar-refractivity contribution in [3.8, 4) is 0 Å². The van der Waals surface area contributed by atoms with E-state index >= 15 is 0 Å². The summed E-state index contributed by atoms with van der Waals surface area (Å²) in [7, 11) is -10.0. The summed E-state index contributed by atoms with van der Waals surface area (Å²) in [6.45, 7) is 4.55. The molecule has 0 saturated heterocycles. The quantitative estimate of drug-likeness (QED) is 0.0169. The first kappa shape index (κ1) is 103. The summed E-state index contributed by atoms with van der Waals surface area (Å²) in [5.74, 6) is -2.31. The monoisotopic (exact) mass is 1550 g/mol. The van der Waals surface area contributed by atoms with Gasteiger partial charge in [0.2, 0.25) is 0 Å². The number of allylic oxidation sites excluding steroid dienone is 26. The van der Waals surface area contributed by atoms with E-state index in [1.807, 2.05) is 18.2 Å². The molecule has 108 heavy (non-hydrogen) atoms. The Morgan fingerprint density at radius 2 is 0.509 bits per heavy atom. The molecule has 0 rings (SSSR count). The molecule has 0 saturated carbocycles. The first-order valence-electron chi connectivity index (χ1n) is 41.7. The predicted octanol–water partition coefficient (Wildman–Crippen LogP) is 24.8. The average molecular weight is 1550 g/mol. The van der Waals surface area contributed by atoms with E-state index in [1.54, 1.807) is 0 Å². The summed E-state index contributed by atoms with van der Waals surface area (Å²) in [5, 5.41) is 10.7. The van der Waals surface area contributed by atoms with Gasteiger partial charge in [-0.25, -0.2) is 9.13 Å². The van der Waals surface area contributed by atoms with Gasteiger partial charge in [-0.2, -0.15) is 0 Å². The lowest BCUT2D eigenvalue weighted by Crippen LogP contribution is -2.30. The molecule has 0 amide bonds. The highest BCUT2D eigenvalue weighted by Crippen LogP contribution is 2.45. The maximum absolute atomic E-state index is 13.1. The van der Waals surface area contributed by atoms with Crippen LogP contribution >= 0.6 is 15.6 Å². The Morgan fingerprint density at radius 1 is 0.269 bits per heavy atom. The largest absolute Gasteiger partial charge is 0.472 e. The predicted molar refractivity (Wildman–Crippen MR) is 445 cm³/mol. The zero-order chi connectivity index (χ0) is 78.9. The van der Waals surface area contributed by atoms with Crippen LogP contribution in [-0.2, 0) is 65.4 Å². The van der Waals surface area contributed by atoms with Gasteiger partial charge in [0.05, 0.1) is 26.4 Å². The van der Waals surface area contributed by atoms with Crippen LogP contribution in [0.5, 0.6) is 0 Å². The van der Waals surface area contributed by atoms with E-state index in [0.29, 0.717) is 32.1 Å². The first-order chi connectivity index (χ1) is 52.7. The Balaban J connectivity index is 5.43. The minimum atomic E-state index is -5.01. The van der Waals surface area contributed by atoms with Gasteiger partial charge in [0.1, 0.15) is 19.3 Å². The highest BCUT2D eigenvalue weighted by molar-refractivity contribution is 7.47. The van der Waals surface area contributed by atoms with Crippen LogP contribution in [0.4, 0.5) is 0 Å². The second kappa shape index (κ2) is 79.8. The molecular weight excluding hydrogens is 1400 g/mol. The van der Waals surface area contributed by atoms with E-state index in [-0.39, 0.29) is 25.7 Å². The topological polar surface area (TPSA) is 237 Å². The molecule has 616 valence electrons. The summed E-state index contributed by atoms with van der Waals surface area (Å²) >= 11 is 0. The number of hydrogen-bond acceptors (Lipinski definition) is 15. The van der Waals surface area contributed by atoms with Crippen LogP contribution in [0.15, 0.2) is 158 Å². The van der Waals surface area contributed by atoms with E-state index in [1.165, 1.54) is 51.4 Å². The number of carbonyl (C=O) groups is 4. The summed E-state index contributed by atoms with van der Waals surface area (Å²) in [4.78, 5) is 73.1. The van der Waals surface area contributed by atoms with Crippen molar-refractivity contribution in [3.05, 3.63) is 158 Å². The fourth-order valence-electron chi connectivity index (χ4n) is 10.6. The van der Waals surface area contributed by atoms with Gasteiger partial charge in [-0.05, 0) is 161 Å². The van der Waals surface area contributed by atoms with Crippen molar-refractivity contribution in [1.82, 2.24) is 0 Å².